The third kappa shape index (κ3) is 1.42. The summed E-state index contributed by atoms with van der Waals surface area (Å²) in [5.74, 6) is -0.675. The van der Waals surface area contributed by atoms with E-state index in [9.17, 15) is 4.79 Å². The SMILES string of the molecule is O=C(O)C1COc2cc(Br)ccc21. The molecule has 1 unspecified atom stereocenters. The van der Waals surface area contributed by atoms with Crippen LogP contribution in [0.3, 0.4) is 0 Å². The first kappa shape index (κ1) is 8.56. The zero-order valence-electron chi connectivity index (χ0n) is 6.66. The summed E-state index contributed by atoms with van der Waals surface area (Å²) in [6.07, 6.45) is 0. The molecule has 0 aliphatic carbocycles. The summed E-state index contributed by atoms with van der Waals surface area (Å²) >= 11 is 3.29. The van der Waals surface area contributed by atoms with Gasteiger partial charge in [-0.05, 0) is 12.1 Å². The highest BCUT2D eigenvalue weighted by atomic mass is 79.9. The maximum atomic E-state index is 10.8. The lowest BCUT2D eigenvalue weighted by atomic mass is 10.0. The second-order valence-electron chi connectivity index (χ2n) is 2.88. The zero-order chi connectivity index (χ0) is 9.42. The van der Waals surface area contributed by atoms with E-state index in [4.69, 9.17) is 9.84 Å². The van der Waals surface area contributed by atoms with Gasteiger partial charge >= 0.3 is 5.97 Å². The van der Waals surface area contributed by atoms with Crippen molar-refractivity contribution in [2.75, 3.05) is 6.61 Å². The topological polar surface area (TPSA) is 46.5 Å². The van der Waals surface area contributed by atoms with Crippen LogP contribution >= 0.6 is 15.9 Å². The highest BCUT2D eigenvalue weighted by Crippen LogP contribution is 2.35. The van der Waals surface area contributed by atoms with E-state index in [0.29, 0.717) is 5.75 Å². The molecule has 0 saturated heterocycles. The minimum Gasteiger partial charge on any atom is -0.492 e. The molecule has 0 bridgehead atoms. The van der Waals surface area contributed by atoms with Gasteiger partial charge in [0, 0.05) is 10.0 Å². The largest absolute Gasteiger partial charge is 0.492 e. The van der Waals surface area contributed by atoms with Gasteiger partial charge in [-0.1, -0.05) is 22.0 Å². The summed E-state index contributed by atoms with van der Waals surface area (Å²) in [7, 11) is 0. The maximum Gasteiger partial charge on any atom is 0.314 e. The summed E-state index contributed by atoms with van der Waals surface area (Å²) in [6.45, 7) is 0.237. The van der Waals surface area contributed by atoms with Gasteiger partial charge in [0.1, 0.15) is 18.3 Å². The van der Waals surface area contributed by atoms with Crippen LogP contribution in [-0.2, 0) is 4.79 Å². The highest BCUT2D eigenvalue weighted by Gasteiger charge is 2.29. The molecule has 3 nitrogen and oxygen atoms in total. The Labute approximate surface area is 83.5 Å². The number of hydrogen-bond donors (Lipinski definition) is 1. The maximum absolute atomic E-state index is 10.8. The summed E-state index contributed by atoms with van der Waals surface area (Å²) in [5, 5.41) is 8.84. The number of aliphatic carboxylic acids is 1. The molecule has 4 heteroatoms. The molecule has 1 aliphatic heterocycles. The predicted molar refractivity (Wildman–Crippen MR) is 50.0 cm³/mol. The zero-order valence-corrected chi connectivity index (χ0v) is 8.24. The molecule has 1 heterocycles. The van der Waals surface area contributed by atoms with Gasteiger partial charge in [-0.3, -0.25) is 4.79 Å². The summed E-state index contributed by atoms with van der Waals surface area (Å²) in [5.41, 5.74) is 0.760. The molecule has 1 aromatic rings. The Kier molecular flexibility index (Phi) is 2.00. The third-order valence-electron chi connectivity index (χ3n) is 2.05. The van der Waals surface area contributed by atoms with Crippen molar-refractivity contribution in [3.63, 3.8) is 0 Å². The molecule has 0 fully saturated rings. The number of benzene rings is 1. The molecule has 0 saturated carbocycles. The standard InChI is InChI=1S/C9H7BrO3/c10-5-1-2-6-7(9(11)12)4-13-8(6)3-5/h1-3,7H,4H2,(H,11,12). The van der Waals surface area contributed by atoms with Crippen LogP contribution in [-0.4, -0.2) is 17.7 Å². The van der Waals surface area contributed by atoms with E-state index in [1.54, 1.807) is 12.1 Å². The van der Waals surface area contributed by atoms with Crippen LogP contribution in [0.4, 0.5) is 0 Å². The Hall–Kier alpha value is -1.03. The highest BCUT2D eigenvalue weighted by molar-refractivity contribution is 9.10. The normalized spacial score (nSPS) is 19.3. The number of rotatable bonds is 1. The number of carboxylic acid groups (broad SMARTS) is 1. The van der Waals surface area contributed by atoms with Crippen molar-refractivity contribution in [1.82, 2.24) is 0 Å². The van der Waals surface area contributed by atoms with Crippen LogP contribution in [0, 0.1) is 0 Å². The van der Waals surface area contributed by atoms with Crippen LogP contribution < -0.4 is 4.74 Å². The summed E-state index contributed by atoms with van der Waals surface area (Å²) in [4.78, 5) is 10.8. The van der Waals surface area contributed by atoms with E-state index in [-0.39, 0.29) is 6.61 Å². The smallest absolute Gasteiger partial charge is 0.314 e. The molecule has 1 aromatic carbocycles. The Balaban J connectivity index is 2.44. The first-order valence-corrected chi connectivity index (χ1v) is 4.63. The minimum atomic E-state index is -0.832. The molecule has 0 radical (unpaired) electrons. The van der Waals surface area contributed by atoms with Gasteiger partial charge < -0.3 is 9.84 Å². The first-order valence-electron chi connectivity index (χ1n) is 3.83. The number of ether oxygens (including phenoxy) is 1. The van der Waals surface area contributed by atoms with Crippen LogP contribution in [0.25, 0.3) is 0 Å². The van der Waals surface area contributed by atoms with Crippen LogP contribution in [0.5, 0.6) is 5.75 Å². The van der Waals surface area contributed by atoms with E-state index in [1.165, 1.54) is 0 Å². The molecule has 13 heavy (non-hydrogen) atoms. The molecule has 1 atom stereocenters. The van der Waals surface area contributed by atoms with Gasteiger partial charge in [0.25, 0.3) is 0 Å². The molecule has 2 rings (SSSR count). The molecular formula is C9H7BrO3. The molecule has 68 valence electrons. The van der Waals surface area contributed by atoms with Gasteiger partial charge in [-0.2, -0.15) is 0 Å². The van der Waals surface area contributed by atoms with Crippen molar-refractivity contribution in [2.24, 2.45) is 0 Å². The fourth-order valence-corrected chi connectivity index (χ4v) is 1.73. The lowest BCUT2D eigenvalue weighted by molar-refractivity contribution is -0.138. The molecular weight excluding hydrogens is 236 g/mol. The quantitative estimate of drug-likeness (QED) is 0.820. The van der Waals surface area contributed by atoms with Crippen molar-refractivity contribution in [3.8, 4) is 5.75 Å². The van der Waals surface area contributed by atoms with Gasteiger partial charge in [0.15, 0.2) is 0 Å². The molecule has 1 N–H and O–H groups in total. The van der Waals surface area contributed by atoms with Crippen LogP contribution in [0.15, 0.2) is 22.7 Å². The van der Waals surface area contributed by atoms with Gasteiger partial charge in [0.05, 0.1) is 0 Å². The molecule has 0 amide bonds. The summed E-state index contributed by atoms with van der Waals surface area (Å²) < 4.78 is 6.14. The first-order chi connectivity index (χ1) is 6.18. The fraction of sp³-hybridized carbons (Fsp3) is 0.222. The predicted octanol–water partition coefficient (Wildman–Crippen LogP) is 2.01. The average Bonchev–Trinajstić information content (AvgIpc) is 2.46. The van der Waals surface area contributed by atoms with E-state index < -0.39 is 11.9 Å². The van der Waals surface area contributed by atoms with E-state index in [1.807, 2.05) is 6.07 Å². The lowest BCUT2D eigenvalue weighted by Crippen LogP contribution is -2.12. The van der Waals surface area contributed by atoms with E-state index in [0.717, 1.165) is 10.0 Å². The average molecular weight is 243 g/mol. The Morgan fingerprint density at radius 3 is 3.08 bits per heavy atom. The summed E-state index contributed by atoms with van der Waals surface area (Å²) in [6, 6.07) is 5.40. The Bertz CT molecular complexity index is 362. The van der Waals surface area contributed by atoms with E-state index >= 15 is 0 Å². The van der Waals surface area contributed by atoms with Gasteiger partial charge in [-0.25, -0.2) is 0 Å². The number of halogens is 1. The molecule has 0 spiro atoms. The van der Waals surface area contributed by atoms with Gasteiger partial charge in [-0.15, -0.1) is 0 Å². The number of fused-ring (bicyclic) bond motifs is 1. The monoisotopic (exact) mass is 242 g/mol. The Morgan fingerprint density at radius 2 is 2.38 bits per heavy atom. The molecule has 1 aliphatic rings. The van der Waals surface area contributed by atoms with Crippen LogP contribution in [0.1, 0.15) is 11.5 Å². The van der Waals surface area contributed by atoms with Crippen LogP contribution in [0.2, 0.25) is 0 Å². The van der Waals surface area contributed by atoms with Crippen molar-refractivity contribution >= 4 is 21.9 Å². The molecule has 0 aromatic heterocycles. The van der Waals surface area contributed by atoms with Gasteiger partial charge in [0.2, 0.25) is 0 Å². The van der Waals surface area contributed by atoms with Crippen molar-refractivity contribution in [2.45, 2.75) is 5.92 Å². The van der Waals surface area contributed by atoms with Crippen molar-refractivity contribution < 1.29 is 14.6 Å². The van der Waals surface area contributed by atoms with Crippen molar-refractivity contribution in [1.29, 1.82) is 0 Å². The minimum absolute atomic E-state index is 0.237. The fourth-order valence-electron chi connectivity index (χ4n) is 1.39. The van der Waals surface area contributed by atoms with Crippen molar-refractivity contribution in [3.05, 3.63) is 28.2 Å². The number of carbonyl (C=O) groups is 1. The third-order valence-corrected chi connectivity index (χ3v) is 2.55. The lowest BCUT2D eigenvalue weighted by Gasteiger charge is -2.00. The number of carboxylic acids is 1. The second kappa shape index (κ2) is 3.03. The second-order valence-corrected chi connectivity index (χ2v) is 3.80. The Morgan fingerprint density at radius 1 is 1.62 bits per heavy atom. The number of hydrogen-bond acceptors (Lipinski definition) is 2. The van der Waals surface area contributed by atoms with E-state index in [2.05, 4.69) is 15.9 Å².